The predicted molar refractivity (Wildman–Crippen MR) is 106 cm³/mol. The Kier molecular flexibility index (Phi) is 23.4. The molecule has 0 aromatic heterocycles. The van der Waals surface area contributed by atoms with E-state index in [0.717, 1.165) is 19.3 Å². The SMILES string of the molecule is CCCCCCCCCCCNc1cc(C(=O)O)c(C(=O)O)c(C(=O)O)c1.[H-].[H-].[H-].[Na+].[Na+].[Na+]. The Hall–Kier alpha value is 0.430. The minimum atomic E-state index is -1.57. The van der Waals surface area contributed by atoms with Gasteiger partial charge in [0.05, 0.1) is 16.7 Å². The van der Waals surface area contributed by atoms with Crippen molar-refractivity contribution in [2.24, 2.45) is 0 Å². The van der Waals surface area contributed by atoms with Crippen LogP contribution in [0.3, 0.4) is 0 Å². The summed E-state index contributed by atoms with van der Waals surface area (Å²) in [4.78, 5) is 33.9. The number of benzene rings is 1. The van der Waals surface area contributed by atoms with E-state index in [1.54, 1.807) is 0 Å². The van der Waals surface area contributed by atoms with E-state index in [0.29, 0.717) is 12.2 Å². The molecule has 1 rings (SSSR count). The molecular weight excluding hydrogens is 419 g/mol. The van der Waals surface area contributed by atoms with Crippen LogP contribution in [0.4, 0.5) is 5.69 Å². The molecule has 30 heavy (non-hydrogen) atoms. The van der Waals surface area contributed by atoms with Crippen LogP contribution in [-0.4, -0.2) is 39.8 Å². The van der Waals surface area contributed by atoms with Gasteiger partial charge in [0.1, 0.15) is 0 Å². The van der Waals surface area contributed by atoms with Gasteiger partial charge in [-0.3, -0.25) is 0 Å². The first kappa shape index (κ1) is 35.0. The van der Waals surface area contributed by atoms with Crippen molar-refractivity contribution in [2.45, 2.75) is 64.7 Å². The van der Waals surface area contributed by atoms with Crippen LogP contribution < -0.4 is 94.0 Å². The van der Waals surface area contributed by atoms with Gasteiger partial charge in [-0.2, -0.15) is 0 Å². The summed E-state index contributed by atoms with van der Waals surface area (Å²) < 4.78 is 0. The molecule has 0 atom stereocenters. The smallest absolute Gasteiger partial charge is 1.00 e. The summed E-state index contributed by atoms with van der Waals surface area (Å²) in [6.07, 6.45) is 10.6. The van der Waals surface area contributed by atoms with Gasteiger partial charge in [0.15, 0.2) is 0 Å². The number of aromatic carboxylic acids is 3. The molecule has 0 radical (unpaired) electrons. The molecule has 0 aliphatic carbocycles. The van der Waals surface area contributed by atoms with Crippen molar-refractivity contribution in [3.63, 3.8) is 0 Å². The van der Waals surface area contributed by atoms with Crippen molar-refractivity contribution in [3.8, 4) is 0 Å². The van der Waals surface area contributed by atoms with Gasteiger partial charge >= 0.3 is 107 Å². The fourth-order valence-electron chi connectivity index (χ4n) is 2.98. The molecule has 0 fully saturated rings. The molecule has 1 aromatic rings. The summed E-state index contributed by atoms with van der Waals surface area (Å²) in [5.74, 6) is -4.52. The third-order valence-corrected chi connectivity index (χ3v) is 4.42. The third kappa shape index (κ3) is 13.1. The van der Waals surface area contributed by atoms with Crippen LogP contribution in [0.5, 0.6) is 0 Å². The van der Waals surface area contributed by atoms with E-state index in [1.807, 2.05) is 0 Å². The summed E-state index contributed by atoms with van der Waals surface area (Å²) in [5, 5.41) is 30.6. The number of hydrogen-bond donors (Lipinski definition) is 4. The maximum atomic E-state index is 11.3. The molecule has 7 nitrogen and oxygen atoms in total. The fraction of sp³-hybridized carbons (Fsp3) is 0.550. The first-order valence-corrected chi connectivity index (χ1v) is 9.50. The monoisotopic (exact) mass is 451 g/mol. The molecule has 4 N–H and O–H groups in total. The third-order valence-electron chi connectivity index (χ3n) is 4.42. The van der Waals surface area contributed by atoms with E-state index in [4.69, 9.17) is 5.11 Å². The van der Waals surface area contributed by atoms with E-state index in [2.05, 4.69) is 12.2 Å². The van der Waals surface area contributed by atoms with Gasteiger partial charge in [0, 0.05) is 12.2 Å². The Morgan fingerprint density at radius 2 is 1.13 bits per heavy atom. The first-order chi connectivity index (χ1) is 12.9. The number of anilines is 1. The van der Waals surface area contributed by atoms with Crippen molar-refractivity contribution in [3.05, 3.63) is 28.8 Å². The van der Waals surface area contributed by atoms with E-state index in [-0.39, 0.29) is 93.0 Å². The number of rotatable bonds is 14. The number of nitrogens with one attached hydrogen (secondary N) is 1. The Morgan fingerprint density at radius 1 is 0.733 bits per heavy atom. The average molecular weight is 451 g/mol. The molecule has 0 amide bonds. The van der Waals surface area contributed by atoms with Crippen LogP contribution in [0.1, 0.15) is 100 Å². The van der Waals surface area contributed by atoms with Crippen molar-refractivity contribution in [1.29, 1.82) is 0 Å². The molecule has 0 bridgehead atoms. The van der Waals surface area contributed by atoms with Gasteiger partial charge in [0.2, 0.25) is 0 Å². The molecule has 1 aromatic carbocycles. The molecule has 0 aliphatic heterocycles. The second-order valence-corrected chi connectivity index (χ2v) is 6.62. The number of carboxylic acids is 3. The minimum absolute atomic E-state index is 0. The van der Waals surface area contributed by atoms with Crippen LogP contribution in [0, 0.1) is 0 Å². The summed E-state index contributed by atoms with van der Waals surface area (Å²) in [5.41, 5.74) is -1.47. The van der Waals surface area contributed by atoms with Gasteiger partial charge in [-0.15, -0.1) is 0 Å². The topological polar surface area (TPSA) is 124 Å². The zero-order chi connectivity index (χ0) is 20.2. The Balaban J connectivity index is -0.000000304. The molecular formula is C20H32NNa3O6. The van der Waals surface area contributed by atoms with Crippen LogP contribution >= 0.6 is 0 Å². The van der Waals surface area contributed by atoms with Gasteiger partial charge < -0.3 is 24.9 Å². The second kappa shape index (κ2) is 20.1. The normalized spacial score (nSPS) is 9.50. The fourth-order valence-corrected chi connectivity index (χ4v) is 2.98. The second-order valence-electron chi connectivity index (χ2n) is 6.62. The zero-order valence-electron chi connectivity index (χ0n) is 21.8. The summed E-state index contributed by atoms with van der Waals surface area (Å²) in [6, 6.07) is 2.35. The number of unbranched alkanes of at least 4 members (excludes halogenated alkanes) is 8. The van der Waals surface area contributed by atoms with E-state index in [1.165, 1.54) is 50.7 Å². The van der Waals surface area contributed by atoms with Gasteiger partial charge in [-0.05, 0) is 18.6 Å². The predicted octanol–water partition coefficient (Wildman–Crippen LogP) is -3.93. The zero-order valence-corrected chi connectivity index (χ0v) is 24.8. The van der Waals surface area contributed by atoms with Crippen LogP contribution in [-0.2, 0) is 0 Å². The van der Waals surface area contributed by atoms with Gasteiger partial charge in [0.25, 0.3) is 0 Å². The number of carbonyl (C=O) groups is 3. The van der Waals surface area contributed by atoms with Crippen molar-refractivity contribution < 1.29 is 123 Å². The van der Waals surface area contributed by atoms with Crippen molar-refractivity contribution in [2.75, 3.05) is 11.9 Å². The van der Waals surface area contributed by atoms with Gasteiger partial charge in [-0.1, -0.05) is 58.3 Å². The average Bonchev–Trinajstić information content (AvgIpc) is 2.62. The van der Waals surface area contributed by atoms with Crippen LogP contribution in [0.2, 0.25) is 0 Å². The molecule has 0 spiro atoms. The van der Waals surface area contributed by atoms with E-state index < -0.39 is 34.6 Å². The summed E-state index contributed by atoms with van der Waals surface area (Å²) >= 11 is 0. The molecule has 10 heteroatoms. The number of hydrogen-bond acceptors (Lipinski definition) is 4. The largest absolute Gasteiger partial charge is 1.00 e. The number of carboxylic acid groups (broad SMARTS) is 3. The van der Waals surface area contributed by atoms with E-state index in [9.17, 15) is 24.6 Å². The maximum absolute atomic E-state index is 11.3. The van der Waals surface area contributed by atoms with Crippen LogP contribution in [0.25, 0.3) is 0 Å². The molecule has 0 unspecified atom stereocenters. The Morgan fingerprint density at radius 3 is 1.50 bits per heavy atom. The van der Waals surface area contributed by atoms with Gasteiger partial charge in [-0.25, -0.2) is 14.4 Å². The molecule has 0 heterocycles. The van der Waals surface area contributed by atoms with Crippen molar-refractivity contribution >= 4 is 23.6 Å². The van der Waals surface area contributed by atoms with Crippen LogP contribution in [0.15, 0.2) is 12.1 Å². The Bertz CT molecular complexity index is 649. The molecule has 156 valence electrons. The Labute approximate surface area is 249 Å². The quantitative estimate of drug-likeness (QED) is 0.168. The molecule has 0 saturated heterocycles. The van der Waals surface area contributed by atoms with E-state index >= 15 is 0 Å². The van der Waals surface area contributed by atoms with Crippen molar-refractivity contribution in [1.82, 2.24) is 0 Å². The minimum Gasteiger partial charge on any atom is -1.00 e. The standard InChI is InChI=1S/C20H29NO6.3Na.3H/c1-2-3-4-5-6-7-8-9-10-11-21-14-12-15(18(22)23)17(20(26)27)16(13-14)19(24)25;;;;;;/h12-13,21H,2-11H2,1H3,(H,22,23)(H,24,25)(H,26,27);;;;;;/q;3*+1;3*-1. The molecule has 0 saturated carbocycles. The summed E-state index contributed by atoms with van der Waals surface area (Å²) in [7, 11) is 0. The summed E-state index contributed by atoms with van der Waals surface area (Å²) in [6.45, 7) is 2.77. The maximum Gasteiger partial charge on any atom is 1.00 e. The first-order valence-electron chi connectivity index (χ1n) is 9.50. The molecule has 0 aliphatic rings.